The number of aliphatic hydroxyl groups is 1. The molecular weight excluding hydrogens is 629 g/mol. The Labute approximate surface area is 317 Å². The fourth-order valence-electron chi connectivity index (χ4n) is 5.83. The quantitative estimate of drug-likeness (QED) is 0.0392. The number of aliphatic hydroxyl groups excluding tert-OH is 1. The molecule has 4 nitrogen and oxygen atoms in total. The average molecular weight is 711 g/mol. The molecule has 0 rings (SSSR count). The van der Waals surface area contributed by atoms with E-state index in [-0.39, 0.29) is 19.2 Å². The van der Waals surface area contributed by atoms with Gasteiger partial charge in [0, 0.05) is 13.0 Å². The molecule has 0 aromatic heterocycles. The van der Waals surface area contributed by atoms with Crippen LogP contribution in [0.4, 0.5) is 0 Å². The van der Waals surface area contributed by atoms with Crippen molar-refractivity contribution in [2.75, 3.05) is 19.8 Å². The van der Waals surface area contributed by atoms with Crippen LogP contribution < -0.4 is 0 Å². The lowest BCUT2D eigenvalue weighted by molar-refractivity contribution is -0.154. The molecule has 4 heteroatoms. The summed E-state index contributed by atoms with van der Waals surface area (Å²) in [5.41, 5.74) is 0. The molecule has 0 radical (unpaired) electrons. The third-order valence-electron chi connectivity index (χ3n) is 9.00. The van der Waals surface area contributed by atoms with Gasteiger partial charge in [-0.1, -0.05) is 183 Å². The Kier molecular flexibility index (Phi) is 42.1. The first-order valence-corrected chi connectivity index (χ1v) is 21.5. The van der Waals surface area contributed by atoms with Crippen molar-refractivity contribution in [2.45, 2.75) is 200 Å². The fourth-order valence-corrected chi connectivity index (χ4v) is 5.83. The zero-order chi connectivity index (χ0) is 37.0. The Hall–Kier alpha value is -2.17. The van der Waals surface area contributed by atoms with Crippen molar-refractivity contribution in [1.29, 1.82) is 0 Å². The predicted octanol–water partition coefficient (Wildman–Crippen LogP) is 14.2. The van der Waals surface area contributed by atoms with Gasteiger partial charge in [0.2, 0.25) is 0 Å². The van der Waals surface area contributed by atoms with Gasteiger partial charge in [0.1, 0.15) is 6.10 Å². The number of rotatable bonds is 39. The molecule has 0 aliphatic rings. The molecule has 0 aliphatic heterocycles. The van der Waals surface area contributed by atoms with Gasteiger partial charge >= 0.3 is 5.97 Å². The van der Waals surface area contributed by atoms with Crippen LogP contribution in [-0.2, 0) is 14.3 Å². The summed E-state index contributed by atoms with van der Waals surface area (Å²) in [7, 11) is 0. The van der Waals surface area contributed by atoms with Crippen molar-refractivity contribution in [3.63, 3.8) is 0 Å². The highest BCUT2D eigenvalue weighted by Crippen LogP contribution is 2.14. The maximum Gasteiger partial charge on any atom is 0.306 e. The smallest absolute Gasteiger partial charge is 0.306 e. The van der Waals surface area contributed by atoms with E-state index >= 15 is 0 Å². The Bertz CT molecular complexity index is 881. The van der Waals surface area contributed by atoms with Gasteiger partial charge in [0.05, 0.1) is 13.2 Å². The summed E-state index contributed by atoms with van der Waals surface area (Å²) < 4.78 is 11.1. The highest BCUT2D eigenvalue weighted by Gasteiger charge is 2.13. The minimum atomic E-state index is -0.543. The average Bonchev–Trinajstić information content (AvgIpc) is 3.14. The van der Waals surface area contributed by atoms with Gasteiger partial charge < -0.3 is 14.6 Å². The third-order valence-corrected chi connectivity index (χ3v) is 9.00. The Balaban J connectivity index is 3.45. The first kappa shape index (κ1) is 48.8. The molecule has 1 unspecified atom stereocenters. The van der Waals surface area contributed by atoms with Crippen LogP contribution in [0.15, 0.2) is 72.9 Å². The number of allylic oxidation sites excluding steroid dienone is 12. The second-order valence-electron chi connectivity index (χ2n) is 14.0. The lowest BCUT2D eigenvalue weighted by Gasteiger charge is -2.15. The monoisotopic (exact) mass is 711 g/mol. The molecule has 0 saturated carbocycles. The number of carbonyl (C=O) groups excluding carboxylic acids is 1. The number of hydrogen-bond donors (Lipinski definition) is 1. The fraction of sp³-hybridized carbons (Fsp3) is 0.723. The summed E-state index contributed by atoms with van der Waals surface area (Å²) >= 11 is 0. The molecule has 0 saturated heterocycles. The minimum absolute atomic E-state index is 0.179. The van der Waals surface area contributed by atoms with E-state index in [1.54, 1.807) is 0 Å². The molecule has 294 valence electrons. The van der Waals surface area contributed by atoms with E-state index in [4.69, 9.17) is 9.47 Å². The van der Waals surface area contributed by atoms with Gasteiger partial charge in [-0.15, -0.1) is 0 Å². The Morgan fingerprint density at radius 1 is 0.490 bits per heavy atom. The molecule has 51 heavy (non-hydrogen) atoms. The lowest BCUT2D eigenvalue weighted by atomic mass is 10.0. The summed E-state index contributed by atoms with van der Waals surface area (Å²) in [5, 5.41) is 9.59. The van der Waals surface area contributed by atoms with E-state index in [0.717, 1.165) is 57.8 Å². The van der Waals surface area contributed by atoms with E-state index in [0.29, 0.717) is 13.0 Å². The van der Waals surface area contributed by atoms with Gasteiger partial charge in [-0.3, -0.25) is 4.79 Å². The van der Waals surface area contributed by atoms with Gasteiger partial charge in [0.15, 0.2) is 0 Å². The molecule has 0 aliphatic carbocycles. The first-order valence-electron chi connectivity index (χ1n) is 21.5. The van der Waals surface area contributed by atoms with Crippen LogP contribution in [0.1, 0.15) is 194 Å². The molecular formula is C47H82O4. The summed E-state index contributed by atoms with van der Waals surface area (Å²) in [6.45, 7) is 5.15. The van der Waals surface area contributed by atoms with Crippen molar-refractivity contribution in [3.05, 3.63) is 72.9 Å². The molecule has 0 spiro atoms. The van der Waals surface area contributed by atoms with Crippen LogP contribution in [0, 0.1) is 0 Å². The van der Waals surface area contributed by atoms with E-state index in [2.05, 4.69) is 86.8 Å². The summed E-state index contributed by atoms with van der Waals surface area (Å²) in [6, 6.07) is 0. The number of esters is 1. The molecule has 0 fully saturated rings. The topological polar surface area (TPSA) is 55.8 Å². The number of ether oxygens (including phenoxy) is 2. The SMILES string of the molecule is CC/C=C\C/C=C\C/C=C\C/C=C\CCCCCCCCCCCCCCC(=O)OC(CO)COCCCCCCCC/C=C\C/C=C\CCC. The first-order chi connectivity index (χ1) is 25.2. The lowest BCUT2D eigenvalue weighted by Crippen LogP contribution is -2.27. The second-order valence-corrected chi connectivity index (χ2v) is 14.0. The van der Waals surface area contributed by atoms with Crippen LogP contribution in [0.25, 0.3) is 0 Å². The maximum atomic E-state index is 12.2. The number of hydrogen-bond acceptors (Lipinski definition) is 4. The van der Waals surface area contributed by atoms with Gasteiger partial charge in [-0.25, -0.2) is 0 Å². The van der Waals surface area contributed by atoms with E-state index in [1.807, 2.05) is 0 Å². The summed E-state index contributed by atoms with van der Waals surface area (Å²) in [4.78, 5) is 12.2. The molecule has 1 N–H and O–H groups in total. The molecule has 1 atom stereocenters. The number of carbonyl (C=O) groups is 1. The molecule has 0 heterocycles. The van der Waals surface area contributed by atoms with Crippen molar-refractivity contribution < 1.29 is 19.4 Å². The molecule has 0 bridgehead atoms. The van der Waals surface area contributed by atoms with Crippen molar-refractivity contribution in [2.24, 2.45) is 0 Å². The van der Waals surface area contributed by atoms with Crippen molar-refractivity contribution in [3.8, 4) is 0 Å². The molecule has 0 amide bonds. The molecule has 0 aromatic carbocycles. The van der Waals surface area contributed by atoms with E-state index < -0.39 is 6.10 Å². The number of unbranched alkanes of at least 4 members (excludes halogenated alkanes) is 19. The van der Waals surface area contributed by atoms with Gasteiger partial charge in [-0.05, 0) is 77.0 Å². The van der Waals surface area contributed by atoms with Crippen LogP contribution >= 0.6 is 0 Å². The zero-order valence-corrected chi connectivity index (χ0v) is 33.6. The Morgan fingerprint density at radius 2 is 0.882 bits per heavy atom. The van der Waals surface area contributed by atoms with Crippen LogP contribution in [0.3, 0.4) is 0 Å². The third kappa shape index (κ3) is 42.1. The predicted molar refractivity (Wildman–Crippen MR) is 223 cm³/mol. The Morgan fingerprint density at radius 3 is 1.33 bits per heavy atom. The van der Waals surface area contributed by atoms with E-state index in [9.17, 15) is 9.90 Å². The maximum absolute atomic E-state index is 12.2. The van der Waals surface area contributed by atoms with Crippen LogP contribution in [0.2, 0.25) is 0 Å². The summed E-state index contributed by atoms with van der Waals surface area (Å²) in [6.07, 6.45) is 59.6. The highest BCUT2D eigenvalue weighted by molar-refractivity contribution is 5.69. The second kappa shape index (κ2) is 44.0. The highest BCUT2D eigenvalue weighted by atomic mass is 16.6. The normalized spacial score (nSPS) is 13.1. The standard InChI is InChI=1S/C47H82O4/c1-3-5-7-9-11-13-15-17-19-20-21-22-23-24-25-26-27-28-29-30-32-34-36-38-40-42-47(49)51-46(44-48)45-50-43-41-39-37-35-33-31-18-16-14-12-10-8-6-4-2/h5,7-8,10-11,13-14,16-17,19,21-22,46,48H,3-4,6,9,12,15,18,20,23-45H2,1-2H3/b7-5-,10-8-,13-11-,16-14-,19-17-,22-21-. The van der Waals surface area contributed by atoms with Crippen LogP contribution in [0.5, 0.6) is 0 Å². The van der Waals surface area contributed by atoms with Gasteiger partial charge in [-0.2, -0.15) is 0 Å². The minimum Gasteiger partial charge on any atom is -0.457 e. The zero-order valence-electron chi connectivity index (χ0n) is 33.6. The summed E-state index contributed by atoms with van der Waals surface area (Å²) in [5.74, 6) is -0.209. The molecule has 0 aromatic rings. The van der Waals surface area contributed by atoms with Crippen molar-refractivity contribution >= 4 is 5.97 Å². The van der Waals surface area contributed by atoms with Crippen LogP contribution in [-0.4, -0.2) is 37.0 Å². The van der Waals surface area contributed by atoms with Gasteiger partial charge in [0.25, 0.3) is 0 Å². The van der Waals surface area contributed by atoms with E-state index in [1.165, 1.54) is 116 Å². The van der Waals surface area contributed by atoms with Crippen molar-refractivity contribution in [1.82, 2.24) is 0 Å². The largest absolute Gasteiger partial charge is 0.457 e.